The number of nitrogens with one attached hydrogen (secondary N) is 2. The minimum absolute atomic E-state index is 0.116. The number of hydrogen-bond acceptors (Lipinski definition) is 7. The molecule has 9 nitrogen and oxygen atoms in total. The van der Waals surface area contributed by atoms with Gasteiger partial charge in [-0.1, -0.05) is 17.8 Å². The first-order valence-corrected chi connectivity index (χ1v) is 8.27. The highest BCUT2D eigenvalue weighted by Gasteiger charge is 2.12. The Hall–Kier alpha value is -2.88. The molecule has 0 saturated heterocycles. The van der Waals surface area contributed by atoms with E-state index in [4.69, 9.17) is 4.74 Å². The highest BCUT2D eigenvalue weighted by molar-refractivity contribution is 7.99. The second-order valence-electron chi connectivity index (χ2n) is 4.87. The Morgan fingerprint density at radius 2 is 2.20 bits per heavy atom. The van der Waals surface area contributed by atoms with Gasteiger partial charge in [0.1, 0.15) is 5.75 Å². The molecule has 2 aromatic rings. The lowest BCUT2D eigenvalue weighted by Crippen LogP contribution is -2.16. The van der Waals surface area contributed by atoms with Crippen molar-refractivity contribution in [1.29, 1.82) is 0 Å². The first-order chi connectivity index (χ1) is 12.0. The van der Waals surface area contributed by atoms with Crippen LogP contribution < -0.4 is 15.4 Å². The Labute approximate surface area is 148 Å². The number of aromatic nitrogens is 4. The van der Waals surface area contributed by atoms with E-state index in [9.17, 15) is 9.59 Å². The van der Waals surface area contributed by atoms with Crippen LogP contribution >= 0.6 is 11.8 Å². The van der Waals surface area contributed by atoms with Gasteiger partial charge in [-0.25, -0.2) is 4.68 Å². The second-order valence-corrected chi connectivity index (χ2v) is 5.81. The van der Waals surface area contributed by atoms with Crippen LogP contribution in [0.1, 0.15) is 6.92 Å². The molecule has 2 rings (SSSR count). The van der Waals surface area contributed by atoms with Gasteiger partial charge >= 0.3 is 0 Å². The number of methoxy groups -OCH3 is 1. The predicted octanol–water partition coefficient (Wildman–Crippen LogP) is 1.56. The van der Waals surface area contributed by atoms with Gasteiger partial charge in [0.05, 0.1) is 25.1 Å². The minimum atomic E-state index is -0.253. The molecule has 0 atom stereocenters. The highest BCUT2D eigenvalue weighted by Crippen LogP contribution is 2.28. The molecule has 25 heavy (non-hydrogen) atoms. The van der Waals surface area contributed by atoms with E-state index >= 15 is 0 Å². The van der Waals surface area contributed by atoms with E-state index in [2.05, 4.69) is 32.7 Å². The number of hydrogen-bond donors (Lipinski definition) is 2. The molecule has 2 N–H and O–H groups in total. The number of allylic oxidation sites excluding steroid dienone is 1. The summed E-state index contributed by atoms with van der Waals surface area (Å²) >= 11 is 1.21. The molecule has 1 aromatic carbocycles. The molecular weight excluding hydrogens is 344 g/mol. The van der Waals surface area contributed by atoms with E-state index in [-0.39, 0.29) is 17.6 Å². The van der Waals surface area contributed by atoms with E-state index in [1.54, 1.807) is 29.0 Å². The zero-order chi connectivity index (χ0) is 18.2. The van der Waals surface area contributed by atoms with Gasteiger partial charge in [-0.15, -0.1) is 11.7 Å². The van der Waals surface area contributed by atoms with Crippen molar-refractivity contribution >= 4 is 35.0 Å². The minimum Gasteiger partial charge on any atom is -0.495 e. The fraction of sp³-hybridized carbons (Fsp3) is 0.267. The topological polar surface area (TPSA) is 111 Å². The molecule has 0 spiro atoms. The monoisotopic (exact) mass is 362 g/mol. The second kappa shape index (κ2) is 8.83. The molecule has 10 heteroatoms. The van der Waals surface area contributed by atoms with E-state index in [0.29, 0.717) is 28.8 Å². The largest absolute Gasteiger partial charge is 0.495 e. The Morgan fingerprint density at radius 3 is 2.88 bits per heavy atom. The Balaban J connectivity index is 2.02. The summed E-state index contributed by atoms with van der Waals surface area (Å²) in [5.74, 6) is 0.151. The van der Waals surface area contributed by atoms with Gasteiger partial charge in [0.15, 0.2) is 0 Å². The maximum Gasteiger partial charge on any atom is 0.234 e. The first-order valence-electron chi connectivity index (χ1n) is 7.28. The molecule has 0 fully saturated rings. The summed E-state index contributed by atoms with van der Waals surface area (Å²) in [4.78, 5) is 23.4. The fourth-order valence-electron chi connectivity index (χ4n) is 1.94. The third kappa shape index (κ3) is 5.31. The Kier molecular flexibility index (Phi) is 6.52. The molecule has 0 aliphatic rings. The van der Waals surface area contributed by atoms with Crippen LogP contribution in [0.4, 0.5) is 11.4 Å². The number of nitrogens with zero attached hydrogens (tertiary/aromatic N) is 4. The number of ether oxygens (including phenoxy) is 1. The van der Waals surface area contributed by atoms with Crippen LogP contribution in [0.5, 0.6) is 5.75 Å². The zero-order valence-electron chi connectivity index (χ0n) is 13.9. The summed E-state index contributed by atoms with van der Waals surface area (Å²) in [6, 6.07) is 4.98. The quantitative estimate of drug-likeness (QED) is 0.541. The van der Waals surface area contributed by atoms with Gasteiger partial charge in [-0.05, 0) is 28.6 Å². The fourth-order valence-corrected chi connectivity index (χ4v) is 2.63. The molecule has 1 heterocycles. The third-order valence-corrected chi connectivity index (χ3v) is 3.88. The number of tetrazole rings is 1. The van der Waals surface area contributed by atoms with Crippen molar-refractivity contribution in [1.82, 2.24) is 20.2 Å². The van der Waals surface area contributed by atoms with Crippen LogP contribution in [-0.4, -0.2) is 44.9 Å². The van der Waals surface area contributed by atoms with E-state index in [1.165, 1.54) is 25.8 Å². The van der Waals surface area contributed by atoms with Crippen LogP contribution in [0, 0.1) is 0 Å². The third-order valence-electron chi connectivity index (χ3n) is 2.93. The predicted molar refractivity (Wildman–Crippen MR) is 94.7 cm³/mol. The first kappa shape index (κ1) is 18.5. The summed E-state index contributed by atoms with van der Waals surface area (Å²) < 4.78 is 6.77. The van der Waals surface area contributed by atoms with Crippen LogP contribution in [0.25, 0.3) is 0 Å². The van der Waals surface area contributed by atoms with Gasteiger partial charge in [-0.3, -0.25) is 9.59 Å². The Morgan fingerprint density at radius 1 is 1.40 bits per heavy atom. The zero-order valence-corrected chi connectivity index (χ0v) is 14.7. The highest BCUT2D eigenvalue weighted by atomic mass is 32.2. The molecule has 0 aliphatic heterocycles. The van der Waals surface area contributed by atoms with Crippen LogP contribution in [-0.2, 0) is 16.1 Å². The van der Waals surface area contributed by atoms with E-state index < -0.39 is 0 Å². The van der Waals surface area contributed by atoms with Crippen molar-refractivity contribution < 1.29 is 14.3 Å². The van der Waals surface area contributed by atoms with Crippen LogP contribution in [0.3, 0.4) is 0 Å². The number of thioether (sulfide) groups is 1. The number of carbonyl (C=O) groups is 2. The van der Waals surface area contributed by atoms with Gasteiger partial charge in [-0.2, -0.15) is 0 Å². The lowest BCUT2D eigenvalue weighted by atomic mass is 10.2. The van der Waals surface area contributed by atoms with Crippen molar-refractivity contribution in [2.24, 2.45) is 0 Å². The molecule has 0 unspecified atom stereocenters. The average molecular weight is 362 g/mol. The molecule has 1 aromatic heterocycles. The summed E-state index contributed by atoms with van der Waals surface area (Å²) in [6.45, 7) is 5.50. The molecule has 0 aliphatic carbocycles. The van der Waals surface area contributed by atoms with Gasteiger partial charge < -0.3 is 15.4 Å². The summed E-state index contributed by atoms with van der Waals surface area (Å²) in [7, 11) is 1.50. The molecular formula is C15H18N6O3S. The smallest absolute Gasteiger partial charge is 0.234 e. The van der Waals surface area contributed by atoms with Crippen molar-refractivity contribution in [3.05, 3.63) is 30.9 Å². The van der Waals surface area contributed by atoms with Crippen molar-refractivity contribution in [3.63, 3.8) is 0 Å². The van der Waals surface area contributed by atoms with Crippen molar-refractivity contribution in [3.8, 4) is 5.75 Å². The number of carbonyl (C=O) groups excluding carboxylic acids is 2. The maximum absolute atomic E-state index is 12.2. The normalized spacial score (nSPS) is 10.2. The lowest BCUT2D eigenvalue weighted by molar-refractivity contribution is -0.114. The van der Waals surface area contributed by atoms with Gasteiger partial charge in [0.2, 0.25) is 17.0 Å². The molecule has 0 bridgehead atoms. The molecule has 0 saturated carbocycles. The molecule has 0 radical (unpaired) electrons. The SMILES string of the molecule is C=CCn1nnnc1SCC(=O)Nc1cc(NC(C)=O)ccc1OC. The van der Waals surface area contributed by atoms with E-state index in [0.717, 1.165) is 0 Å². The standard InChI is InChI=1S/C15H18N6O3S/c1-4-7-21-15(18-19-20-21)25-9-14(23)17-12-8-11(16-10(2)22)5-6-13(12)24-3/h4-6,8H,1,7,9H2,2-3H3,(H,16,22)(H,17,23). The summed E-state index contributed by atoms with van der Waals surface area (Å²) in [6.07, 6.45) is 1.67. The summed E-state index contributed by atoms with van der Waals surface area (Å²) in [5.41, 5.74) is 1.02. The summed E-state index contributed by atoms with van der Waals surface area (Å²) in [5, 5.41) is 17.2. The van der Waals surface area contributed by atoms with Gasteiger partial charge in [0.25, 0.3) is 0 Å². The number of rotatable bonds is 8. The van der Waals surface area contributed by atoms with Crippen molar-refractivity contribution in [2.75, 3.05) is 23.5 Å². The van der Waals surface area contributed by atoms with Crippen LogP contribution in [0.2, 0.25) is 0 Å². The van der Waals surface area contributed by atoms with Crippen molar-refractivity contribution in [2.45, 2.75) is 18.6 Å². The molecule has 2 amide bonds. The van der Waals surface area contributed by atoms with Gasteiger partial charge in [0, 0.05) is 12.6 Å². The number of benzene rings is 1. The average Bonchev–Trinajstić information content (AvgIpc) is 3.00. The van der Waals surface area contributed by atoms with Crippen LogP contribution in [0.15, 0.2) is 36.0 Å². The number of anilines is 2. The number of amides is 2. The molecule has 132 valence electrons. The van der Waals surface area contributed by atoms with E-state index in [1.807, 2.05) is 0 Å². The lowest BCUT2D eigenvalue weighted by Gasteiger charge is -2.12. The maximum atomic E-state index is 12.2. The Bertz CT molecular complexity index is 776.